The van der Waals surface area contributed by atoms with Crippen LogP contribution in [0, 0.1) is 6.92 Å². The number of hydrogen-bond donors (Lipinski definition) is 0. The summed E-state index contributed by atoms with van der Waals surface area (Å²) in [4.78, 5) is 5.43. The van der Waals surface area contributed by atoms with Gasteiger partial charge in [0.05, 0.1) is 5.00 Å². The van der Waals surface area contributed by atoms with Crippen LogP contribution in [0.5, 0.6) is 0 Å². The molecule has 1 unspecified atom stereocenters. The summed E-state index contributed by atoms with van der Waals surface area (Å²) in [6.07, 6.45) is 1.21. The number of aryl methyl sites for hydroxylation is 1. The average Bonchev–Trinajstić information content (AvgIpc) is 3.11. The molecule has 1 nitrogen and oxygen atoms in total. The Morgan fingerprint density at radius 2 is 2.10 bits per heavy atom. The molecule has 0 spiro atoms. The Kier molecular flexibility index (Phi) is 2.98. The van der Waals surface area contributed by atoms with Gasteiger partial charge in [-0.25, -0.2) is 0 Å². The van der Waals surface area contributed by atoms with Gasteiger partial charge < -0.3 is 4.90 Å². The number of anilines is 1. The fourth-order valence-electron chi connectivity index (χ4n) is 3.02. The number of thiophene rings is 3. The number of nitrogens with zero attached hydrogens (tertiary/aromatic N) is 1. The summed E-state index contributed by atoms with van der Waals surface area (Å²) in [6, 6.07) is 11.2. The van der Waals surface area contributed by atoms with Gasteiger partial charge in [0.15, 0.2) is 0 Å². The first-order valence-electron chi connectivity index (χ1n) is 6.71. The lowest BCUT2D eigenvalue weighted by Crippen LogP contribution is -2.57. The van der Waals surface area contributed by atoms with Gasteiger partial charge in [-0.2, -0.15) is 11.3 Å². The van der Waals surface area contributed by atoms with Crippen molar-refractivity contribution >= 4 is 39.0 Å². The molecule has 0 saturated carbocycles. The lowest BCUT2D eigenvalue weighted by Gasteiger charge is -2.53. The molecule has 0 N–H and O–H groups in total. The van der Waals surface area contributed by atoms with E-state index in [-0.39, 0.29) is 5.54 Å². The van der Waals surface area contributed by atoms with E-state index in [0.717, 1.165) is 6.54 Å². The summed E-state index contributed by atoms with van der Waals surface area (Å²) < 4.78 is 0. The van der Waals surface area contributed by atoms with Gasteiger partial charge in [-0.05, 0) is 59.3 Å². The second kappa shape index (κ2) is 4.72. The van der Waals surface area contributed by atoms with Gasteiger partial charge in [-0.15, -0.1) is 22.7 Å². The third kappa shape index (κ3) is 1.72. The van der Waals surface area contributed by atoms with E-state index < -0.39 is 0 Å². The van der Waals surface area contributed by atoms with E-state index in [1.807, 2.05) is 22.7 Å². The third-order valence-electron chi connectivity index (χ3n) is 4.08. The molecule has 1 aliphatic heterocycles. The first-order chi connectivity index (χ1) is 9.80. The zero-order chi connectivity index (χ0) is 13.6. The first kappa shape index (κ1) is 12.6. The van der Waals surface area contributed by atoms with Crippen molar-refractivity contribution in [3.8, 4) is 0 Å². The molecule has 20 heavy (non-hydrogen) atoms. The predicted octanol–water partition coefficient (Wildman–Crippen LogP) is 5.33. The van der Waals surface area contributed by atoms with E-state index in [4.69, 9.17) is 0 Å². The molecule has 0 radical (unpaired) electrons. The van der Waals surface area contributed by atoms with Crippen LogP contribution in [-0.2, 0) is 5.54 Å². The molecule has 3 aromatic rings. The lowest BCUT2D eigenvalue weighted by molar-refractivity contribution is 0.350. The highest BCUT2D eigenvalue weighted by molar-refractivity contribution is 7.16. The Morgan fingerprint density at radius 3 is 2.65 bits per heavy atom. The standard InChI is InChI=1S/C16H15NS3/c1-12-4-5-15(20-12)17-8-7-16(17,13-6-10-18-11-13)14-3-2-9-19-14/h2-6,9-11H,7-8H2,1H3. The molecule has 1 aliphatic rings. The highest BCUT2D eigenvalue weighted by Gasteiger charge is 2.49. The minimum atomic E-state index is 0.0749. The summed E-state index contributed by atoms with van der Waals surface area (Å²) in [6.45, 7) is 3.33. The quantitative estimate of drug-likeness (QED) is 0.631. The molecular formula is C16H15NS3. The van der Waals surface area contributed by atoms with Gasteiger partial charge in [0, 0.05) is 16.3 Å². The summed E-state index contributed by atoms with van der Waals surface area (Å²) in [7, 11) is 0. The van der Waals surface area contributed by atoms with E-state index in [0.29, 0.717) is 0 Å². The van der Waals surface area contributed by atoms with Gasteiger partial charge in [0.1, 0.15) is 5.54 Å². The predicted molar refractivity (Wildman–Crippen MR) is 90.4 cm³/mol. The summed E-state index contributed by atoms with van der Waals surface area (Å²) >= 11 is 5.58. The molecule has 4 rings (SSSR count). The molecule has 102 valence electrons. The SMILES string of the molecule is Cc1ccc(N2CCC2(c2ccsc2)c2cccs2)s1. The Morgan fingerprint density at radius 1 is 1.15 bits per heavy atom. The second-order valence-electron chi connectivity index (χ2n) is 5.14. The van der Waals surface area contributed by atoms with Gasteiger partial charge in [0.2, 0.25) is 0 Å². The highest BCUT2D eigenvalue weighted by atomic mass is 32.1. The molecule has 1 saturated heterocycles. The normalized spacial score (nSPS) is 21.9. The summed E-state index contributed by atoms with van der Waals surface area (Å²) in [5, 5.41) is 8.10. The molecule has 3 aromatic heterocycles. The molecule has 1 atom stereocenters. The van der Waals surface area contributed by atoms with E-state index >= 15 is 0 Å². The molecule has 1 fully saturated rings. The maximum absolute atomic E-state index is 2.58. The second-order valence-corrected chi connectivity index (χ2v) is 8.13. The van der Waals surface area contributed by atoms with Gasteiger partial charge in [0.25, 0.3) is 0 Å². The van der Waals surface area contributed by atoms with Gasteiger partial charge in [-0.1, -0.05) is 6.07 Å². The fourth-order valence-corrected chi connectivity index (χ4v) is 5.69. The zero-order valence-electron chi connectivity index (χ0n) is 11.2. The monoisotopic (exact) mass is 317 g/mol. The largest absolute Gasteiger partial charge is 0.349 e. The average molecular weight is 318 g/mol. The molecular weight excluding hydrogens is 302 g/mol. The van der Waals surface area contributed by atoms with Crippen molar-refractivity contribution in [1.29, 1.82) is 0 Å². The van der Waals surface area contributed by atoms with Crippen LogP contribution in [0.25, 0.3) is 0 Å². The van der Waals surface area contributed by atoms with Crippen molar-refractivity contribution in [2.45, 2.75) is 18.9 Å². The van der Waals surface area contributed by atoms with Crippen LogP contribution in [0.3, 0.4) is 0 Å². The Bertz CT molecular complexity index is 660. The van der Waals surface area contributed by atoms with E-state index in [2.05, 4.69) is 58.3 Å². The van der Waals surface area contributed by atoms with Crippen LogP contribution >= 0.6 is 34.0 Å². The van der Waals surface area contributed by atoms with Crippen LogP contribution < -0.4 is 4.90 Å². The molecule has 0 aromatic carbocycles. The Labute approximate surface area is 131 Å². The highest BCUT2D eigenvalue weighted by Crippen LogP contribution is 2.51. The van der Waals surface area contributed by atoms with Gasteiger partial charge >= 0.3 is 0 Å². The Hall–Kier alpha value is -1.10. The van der Waals surface area contributed by atoms with Crippen molar-refractivity contribution < 1.29 is 0 Å². The smallest absolute Gasteiger partial charge is 0.103 e. The Balaban J connectivity index is 1.85. The first-order valence-corrected chi connectivity index (χ1v) is 9.35. The maximum atomic E-state index is 2.58. The summed E-state index contributed by atoms with van der Waals surface area (Å²) in [5.41, 5.74) is 1.52. The van der Waals surface area contributed by atoms with Crippen molar-refractivity contribution in [2.75, 3.05) is 11.4 Å². The molecule has 4 heterocycles. The van der Waals surface area contributed by atoms with Crippen molar-refractivity contribution in [1.82, 2.24) is 0 Å². The molecule has 0 amide bonds. The lowest BCUT2D eigenvalue weighted by atomic mass is 9.78. The minimum Gasteiger partial charge on any atom is -0.349 e. The molecule has 4 heteroatoms. The topological polar surface area (TPSA) is 3.24 Å². The zero-order valence-corrected chi connectivity index (χ0v) is 13.7. The van der Waals surface area contributed by atoms with Crippen LogP contribution in [0.2, 0.25) is 0 Å². The minimum absolute atomic E-state index is 0.0749. The molecule has 0 aliphatic carbocycles. The van der Waals surface area contributed by atoms with Crippen molar-refractivity contribution in [3.05, 3.63) is 61.8 Å². The summed E-state index contributed by atoms with van der Waals surface area (Å²) in [5.74, 6) is 0. The van der Waals surface area contributed by atoms with Crippen molar-refractivity contribution in [2.24, 2.45) is 0 Å². The van der Waals surface area contributed by atoms with Crippen LogP contribution in [-0.4, -0.2) is 6.54 Å². The maximum Gasteiger partial charge on any atom is 0.103 e. The van der Waals surface area contributed by atoms with E-state index in [1.165, 1.54) is 26.7 Å². The number of hydrogen-bond acceptors (Lipinski definition) is 4. The van der Waals surface area contributed by atoms with E-state index in [1.54, 1.807) is 11.3 Å². The number of rotatable bonds is 3. The van der Waals surface area contributed by atoms with Crippen molar-refractivity contribution in [3.63, 3.8) is 0 Å². The third-order valence-corrected chi connectivity index (χ3v) is 6.81. The molecule has 0 bridgehead atoms. The van der Waals surface area contributed by atoms with Crippen LogP contribution in [0.15, 0.2) is 46.5 Å². The fraction of sp³-hybridized carbons (Fsp3) is 0.250. The van der Waals surface area contributed by atoms with Gasteiger partial charge in [-0.3, -0.25) is 0 Å². The van der Waals surface area contributed by atoms with E-state index in [9.17, 15) is 0 Å². The van der Waals surface area contributed by atoms with Crippen LogP contribution in [0.4, 0.5) is 5.00 Å². The van der Waals surface area contributed by atoms with Crippen LogP contribution in [0.1, 0.15) is 21.7 Å².